The summed E-state index contributed by atoms with van der Waals surface area (Å²) in [6, 6.07) is 7.70. The molecule has 0 spiro atoms. The molecule has 32 heavy (non-hydrogen) atoms. The highest BCUT2D eigenvalue weighted by Crippen LogP contribution is 2.38. The minimum Gasteiger partial charge on any atom is -0.406 e. The van der Waals surface area contributed by atoms with Crippen LogP contribution >= 0.6 is 0 Å². The Balaban J connectivity index is 1.40. The van der Waals surface area contributed by atoms with Gasteiger partial charge in [0, 0.05) is 25.1 Å². The van der Waals surface area contributed by atoms with Crippen molar-refractivity contribution in [3.8, 4) is 5.75 Å². The number of halogens is 3. The van der Waals surface area contributed by atoms with Crippen molar-refractivity contribution in [1.29, 1.82) is 0 Å². The van der Waals surface area contributed by atoms with E-state index in [9.17, 15) is 31.2 Å². The first kappa shape index (κ1) is 22.1. The molecular weight excluding hydrogens is 449 g/mol. The first-order valence-corrected chi connectivity index (χ1v) is 11.5. The largest absolute Gasteiger partial charge is 0.573 e. The third kappa shape index (κ3) is 4.72. The van der Waals surface area contributed by atoms with Gasteiger partial charge in [0.25, 0.3) is 0 Å². The number of ether oxygens (including phenoxy) is 1. The average molecular weight is 468 g/mol. The Morgan fingerprint density at radius 2 is 1.72 bits per heavy atom. The van der Waals surface area contributed by atoms with Crippen LogP contribution in [0.3, 0.4) is 0 Å². The second kappa shape index (κ2) is 8.12. The first-order chi connectivity index (χ1) is 15.0. The summed E-state index contributed by atoms with van der Waals surface area (Å²) in [6.07, 6.45) is -3.73. The molecule has 2 aromatic rings. The number of nitrogens with one attached hydrogen (secondary N) is 1. The van der Waals surface area contributed by atoms with Crippen LogP contribution in [0.15, 0.2) is 41.3 Å². The summed E-state index contributed by atoms with van der Waals surface area (Å²) >= 11 is 0. The molecule has 0 bridgehead atoms. The molecule has 0 aliphatic carbocycles. The Labute approximate surface area is 182 Å². The summed E-state index contributed by atoms with van der Waals surface area (Å²) in [4.78, 5) is 26.0. The van der Waals surface area contributed by atoms with Gasteiger partial charge in [0.2, 0.25) is 11.8 Å². The summed E-state index contributed by atoms with van der Waals surface area (Å²) in [5.74, 6) is -1.40. The third-order valence-electron chi connectivity index (χ3n) is 5.35. The van der Waals surface area contributed by atoms with E-state index in [1.807, 2.05) is 0 Å². The molecule has 0 unspecified atom stereocenters. The smallest absolute Gasteiger partial charge is 0.406 e. The van der Waals surface area contributed by atoms with Gasteiger partial charge in [0.15, 0.2) is 9.84 Å². The maximum absolute atomic E-state index is 12.8. The number of benzene rings is 2. The van der Waals surface area contributed by atoms with Crippen molar-refractivity contribution in [3.63, 3.8) is 0 Å². The lowest BCUT2D eigenvalue weighted by molar-refractivity contribution is -0.274. The van der Waals surface area contributed by atoms with Crippen LogP contribution in [0.25, 0.3) is 0 Å². The number of hydrogen-bond donors (Lipinski definition) is 1. The highest BCUT2D eigenvalue weighted by atomic mass is 32.2. The Bertz CT molecular complexity index is 1180. The number of rotatable bonds is 6. The van der Waals surface area contributed by atoms with Crippen molar-refractivity contribution in [1.82, 2.24) is 0 Å². The van der Waals surface area contributed by atoms with E-state index in [-0.39, 0.29) is 22.9 Å². The highest BCUT2D eigenvalue weighted by molar-refractivity contribution is 7.91. The number of carbonyl (C=O) groups excluding carboxylic acids is 2. The molecule has 2 amide bonds. The summed E-state index contributed by atoms with van der Waals surface area (Å²) in [5, 5.41) is 2.46. The molecule has 0 saturated heterocycles. The predicted octanol–water partition coefficient (Wildman–Crippen LogP) is 3.22. The first-order valence-electron chi connectivity index (χ1n) is 9.86. The Morgan fingerprint density at radius 3 is 2.38 bits per heavy atom. The molecule has 0 fully saturated rings. The molecule has 2 aliphatic heterocycles. The molecule has 7 nitrogen and oxygen atoms in total. The number of carbonyl (C=O) groups is 2. The fourth-order valence-corrected chi connectivity index (χ4v) is 5.25. The minimum absolute atomic E-state index is 0.0431. The van der Waals surface area contributed by atoms with E-state index < -0.39 is 33.6 Å². The van der Waals surface area contributed by atoms with Crippen molar-refractivity contribution < 1.29 is 35.9 Å². The summed E-state index contributed by atoms with van der Waals surface area (Å²) in [5.41, 5.74) is 2.67. The van der Waals surface area contributed by atoms with E-state index in [0.29, 0.717) is 25.8 Å². The van der Waals surface area contributed by atoms with Crippen LogP contribution in [0.5, 0.6) is 5.75 Å². The predicted molar refractivity (Wildman–Crippen MR) is 109 cm³/mol. The second-order valence-corrected chi connectivity index (χ2v) is 9.68. The van der Waals surface area contributed by atoms with Gasteiger partial charge in [-0.2, -0.15) is 0 Å². The average Bonchev–Trinajstić information content (AvgIpc) is 3.15. The van der Waals surface area contributed by atoms with Crippen LogP contribution in [-0.4, -0.2) is 38.9 Å². The van der Waals surface area contributed by atoms with Gasteiger partial charge in [-0.05, 0) is 60.4 Å². The van der Waals surface area contributed by atoms with E-state index in [0.717, 1.165) is 28.9 Å². The number of amides is 2. The van der Waals surface area contributed by atoms with Crippen molar-refractivity contribution in [3.05, 3.63) is 47.5 Å². The second-order valence-electron chi connectivity index (χ2n) is 7.57. The van der Waals surface area contributed by atoms with Crippen molar-refractivity contribution in [2.24, 2.45) is 0 Å². The molecule has 0 radical (unpaired) electrons. The van der Waals surface area contributed by atoms with Crippen LogP contribution in [0, 0.1) is 0 Å². The molecule has 11 heteroatoms. The van der Waals surface area contributed by atoms with Gasteiger partial charge in [-0.1, -0.05) is 0 Å². The standard InChI is InChI=1S/C21H19F3N2O5S/c22-21(23,24)31-16-4-2-15(3-5-16)25-18(27)8-10-32(29,30)17-11-13-1-6-19(28)26-9-7-14(12-17)20(13)26/h2-5,11-12H,1,6-10H2,(H,25,27). The number of anilines is 2. The van der Waals surface area contributed by atoms with Crippen LogP contribution in [0.1, 0.15) is 24.0 Å². The van der Waals surface area contributed by atoms with Crippen LogP contribution < -0.4 is 15.0 Å². The lowest BCUT2D eigenvalue weighted by Gasteiger charge is -2.25. The highest BCUT2D eigenvalue weighted by Gasteiger charge is 2.33. The maximum atomic E-state index is 12.8. The Hall–Kier alpha value is -3.08. The van der Waals surface area contributed by atoms with E-state index in [4.69, 9.17) is 0 Å². The summed E-state index contributed by atoms with van der Waals surface area (Å²) in [6.45, 7) is 0.542. The van der Waals surface area contributed by atoms with E-state index in [2.05, 4.69) is 10.1 Å². The summed E-state index contributed by atoms with van der Waals surface area (Å²) in [7, 11) is -3.75. The molecular formula is C21H19F3N2O5S. The molecule has 0 aromatic heterocycles. The molecule has 0 atom stereocenters. The van der Waals surface area contributed by atoms with Crippen LogP contribution in [-0.2, 0) is 32.3 Å². The van der Waals surface area contributed by atoms with Gasteiger partial charge in [-0.3, -0.25) is 9.59 Å². The molecule has 1 N–H and O–H groups in total. The Kier molecular flexibility index (Phi) is 5.61. The lowest BCUT2D eigenvalue weighted by Crippen LogP contribution is -2.32. The van der Waals surface area contributed by atoms with E-state index >= 15 is 0 Å². The maximum Gasteiger partial charge on any atom is 0.573 e. The normalized spacial score (nSPS) is 15.5. The molecule has 2 heterocycles. The van der Waals surface area contributed by atoms with Gasteiger partial charge in [-0.25, -0.2) is 8.42 Å². The zero-order chi connectivity index (χ0) is 23.1. The molecule has 0 saturated carbocycles. The monoisotopic (exact) mass is 468 g/mol. The fraction of sp³-hybridized carbons (Fsp3) is 0.333. The van der Waals surface area contributed by atoms with E-state index in [1.54, 1.807) is 17.0 Å². The summed E-state index contributed by atoms with van der Waals surface area (Å²) < 4.78 is 66.0. The number of nitrogens with zero attached hydrogens (tertiary/aromatic N) is 1. The van der Waals surface area contributed by atoms with Gasteiger partial charge >= 0.3 is 6.36 Å². The number of aryl methyl sites for hydroxylation is 1. The SMILES string of the molecule is O=C(CCS(=O)(=O)c1cc2c3c(c1)CCN3C(=O)CC2)Nc1ccc(OC(F)(F)F)cc1. The number of alkyl halides is 3. The molecule has 4 rings (SSSR count). The lowest BCUT2D eigenvalue weighted by atomic mass is 10.00. The van der Waals surface area contributed by atoms with Gasteiger partial charge in [0.05, 0.1) is 16.3 Å². The van der Waals surface area contributed by atoms with Gasteiger partial charge in [-0.15, -0.1) is 13.2 Å². The Morgan fingerprint density at radius 1 is 1.06 bits per heavy atom. The molecule has 170 valence electrons. The quantitative estimate of drug-likeness (QED) is 0.703. The van der Waals surface area contributed by atoms with Gasteiger partial charge in [0.1, 0.15) is 5.75 Å². The minimum atomic E-state index is -4.82. The van der Waals surface area contributed by atoms with Crippen LogP contribution in [0.4, 0.5) is 24.5 Å². The van der Waals surface area contributed by atoms with Gasteiger partial charge < -0.3 is 15.0 Å². The van der Waals surface area contributed by atoms with Crippen molar-refractivity contribution >= 4 is 33.0 Å². The zero-order valence-corrected chi connectivity index (χ0v) is 17.6. The van der Waals surface area contributed by atoms with Crippen LogP contribution in [0.2, 0.25) is 0 Å². The number of sulfone groups is 1. The van der Waals surface area contributed by atoms with Crippen molar-refractivity contribution in [2.75, 3.05) is 22.5 Å². The fourth-order valence-electron chi connectivity index (χ4n) is 3.91. The topological polar surface area (TPSA) is 92.8 Å². The van der Waals surface area contributed by atoms with E-state index in [1.165, 1.54) is 12.1 Å². The number of hydrogen-bond acceptors (Lipinski definition) is 5. The molecule has 2 aromatic carbocycles. The zero-order valence-electron chi connectivity index (χ0n) is 16.7. The third-order valence-corrected chi connectivity index (χ3v) is 7.05. The van der Waals surface area contributed by atoms with Crippen molar-refractivity contribution in [2.45, 2.75) is 36.9 Å². The molecule has 2 aliphatic rings.